The van der Waals surface area contributed by atoms with Gasteiger partial charge in [-0.2, -0.15) is 0 Å². The molecule has 0 aliphatic carbocycles. The van der Waals surface area contributed by atoms with Gasteiger partial charge in [-0.05, 0) is 24.2 Å². The second-order valence-corrected chi connectivity index (χ2v) is 8.84. The number of carbonyl (C=O) groups is 5. The van der Waals surface area contributed by atoms with Crippen LogP contribution < -0.4 is 21.7 Å². The molecule has 5 atom stereocenters. The first-order valence-corrected chi connectivity index (χ1v) is 10.8. The Morgan fingerprint density at radius 2 is 1.34 bits per heavy atom. The Hall–Kier alpha value is -2.69. The van der Waals surface area contributed by atoms with Crippen LogP contribution in [0, 0.1) is 17.8 Å². The topological polar surface area (TPSA) is 188 Å². The van der Waals surface area contributed by atoms with Crippen LogP contribution in [0.5, 0.6) is 0 Å². The molecule has 184 valence electrons. The van der Waals surface area contributed by atoms with Crippen LogP contribution in [0.4, 0.5) is 0 Å². The summed E-state index contributed by atoms with van der Waals surface area (Å²) in [5.41, 5.74) is 5.56. The highest BCUT2D eigenvalue weighted by Gasteiger charge is 2.33. The molecule has 0 aliphatic rings. The van der Waals surface area contributed by atoms with Crippen molar-refractivity contribution in [3.05, 3.63) is 0 Å². The van der Waals surface area contributed by atoms with Crippen LogP contribution in [0.3, 0.4) is 0 Å². The van der Waals surface area contributed by atoms with Gasteiger partial charge in [0.1, 0.15) is 18.1 Å². The van der Waals surface area contributed by atoms with Gasteiger partial charge in [0.05, 0.1) is 12.5 Å². The van der Waals surface area contributed by atoms with Crippen LogP contribution >= 0.6 is 0 Å². The van der Waals surface area contributed by atoms with Crippen molar-refractivity contribution in [3.63, 3.8) is 0 Å². The molecule has 0 aromatic rings. The zero-order valence-electron chi connectivity index (χ0n) is 19.7. The van der Waals surface area contributed by atoms with E-state index in [0.717, 1.165) is 0 Å². The van der Waals surface area contributed by atoms with Crippen molar-refractivity contribution in [2.75, 3.05) is 0 Å². The molecule has 0 spiro atoms. The minimum atomic E-state index is -1.33. The Kier molecular flexibility index (Phi) is 12.5. The maximum absolute atomic E-state index is 12.9. The maximum atomic E-state index is 12.9. The molecule has 11 nitrogen and oxygen atoms in total. The number of hydrogen-bond acceptors (Lipinski definition) is 6. The Morgan fingerprint density at radius 3 is 1.75 bits per heavy atom. The van der Waals surface area contributed by atoms with Gasteiger partial charge in [0.2, 0.25) is 17.7 Å². The lowest BCUT2D eigenvalue weighted by molar-refractivity contribution is -0.144. The van der Waals surface area contributed by atoms with E-state index in [2.05, 4.69) is 16.0 Å². The van der Waals surface area contributed by atoms with Crippen molar-refractivity contribution < 1.29 is 34.2 Å². The summed E-state index contributed by atoms with van der Waals surface area (Å²) in [5, 5.41) is 25.8. The number of aliphatic carboxylic acids is 2. The summed E-state index contributed by atoms with van der Waals surface area (Å²) in [7, 11) is 0. The highest BCUT2D eigenvalue weighted by molar-refractivity contribution is 5.94. The van der Waals surface area contributed by atoms with Crippen LogP contribution in [-0.4, -0.2) is 64.0 Å². The maximum Gasteiger partial charge on any atom is 0.326 e. The normalized spacial score (nSPS) is 15.9. The molecule has 0 radical (unpaired) electrons. The van der Waals surface area contributed by atoms with E-state index in [1.807, 2.05) is 20.8 Å². The molecule has 3 amide bonds. The lowest BCUT2D eigenvalue weighted by Crippen LogP contribution is -2.59. The van der Waals surface area contributed by atoms with Gasteiger partial charge in [-0.15, -0.1) is 0 Å². The van der Waals surface area contributed by atoms with E-state index in [0.29, 0.717) is 6.42 Å². The number of carboxylic acids is 2. The Morgan fingerprint density at radius 1 is 0.812 bits per heavy atom. The summed E-state index contributed by atoms with van der Waals surface area (Å²) >= 11 is 0. The summed E-state index contributed by atoms with van der Waals surface area (Å²) in [5.74, 6) is -5.18. The van der Waals surface area contributed by atoms with Crippen LogP contribution in [-0.2, 0) is 24.0 Å². The summed E-state index contributed by atoms with van der Waals surface area (Å²) in [6.07, 6.45) is 0.195. The van der Waals surface area contributed by atoms with Crippen molar-refractivity contribution in [1.82, 2.24) is 16.0 Å². The lowest BCUT2D eigenvalue weighted by atomic mass is 9.97. The van der Waals surface area contributed by atoms with Crippen molar-refractivity contribution in [3.8, 4) is 0 Å². The van der Waals surface area contributed by atoms with Gasteiger partial charge in [0.25, 0.3) is 0 Å². The number of carbonyl (C=O) groups excluding carboxylic acids is 3. The minimum absolute atomic E-state index is 0.00834. The molecule has 32 heavy (non-hydrogen) atoms. The second kappa shape index (κ2) is 13.7. The van der Waals surface area contributed by atoms with E-state index in [1.165, 1.54) is 0 Å². The van der Waals surface area contributed by atoms with Gasteiger partial charge in [-0.25, -0.2) is 4.79 Å². The average molecular weight is 459 g/mol. The van der Waals surface area contributed by atoms with Crippen molar-refractivity contribution in [1.29, 1.82) is 0 Å². The summed E-state index contributed by atoms with van der Waals surface area (Å²) in [6.45, 7) is 10.6. The van der Waals surface area contributed by atoms with Gasteiger partial charge in [-0.3, -0.25) is 19.2 Å². The first-order valence-electron chi connectivity index (χ1n) is 10.8. The smallest absolute Gasteiger partial charge is 0.326 e. The Balaban J connectivity index is 5.49. The predicted octanol–water partition coefficient (Wildman–Crippen LogP) is 0.0756. The number of nitrogens with two attached hydrogens (primary N) is 1. The van der Waals surface area contributed by atoms with Crippen LogP contribution in [0.25, 0.3) is 0 Å². The van der Waals surface area contributed by atoms with E-state index < -0.39 is 60.2 Å². The van der Waals surface area contributed by atoms with Crippen LogP contribution in [0.2, 0.25) is 0 Å². The van der Waals surface area contributed by atoms with Gasteiger partial charge >= 0.3 is 11.9 Å². The largest absolute Gasteiger partial charge is 0.481 e. The van der Waals surface area contributed by atoms with Gasteiger partial charge < -0.3 is 31.9 Å². The molecular weight excluding hydrogens is 420 g/mol. The molecule has 5 unspecified atom stereocenters. The molecule has 0 aromatic carbocycles. The SMILES string of the molecule is CCC(C)C(NC(=O)C(CC(C)C)NC(=O)C(NC(=O)C(N)CC(=O)O)C(C)C)C(=O)O. The standard InChI is InChI=1S/C21H38N4O7/c1-7-12(6)17(21(31)32)25-19(29)14(8-10(2)3)23-20(30)16(11(4)5)24-18(28)13(22)9-15(26)27/h10-14,16-17H,7-9,22H2,1-6H3,(H,23,30)(H,24,28)(H,25,29)(H,26,27)(H,31,32). The number of nitrogens with one attached hydrogen (secondary N) is 3. The molecule has 0 saturated carbocycles. The second-order valence-electron chi connectivity index (χ2n) is 8.84. The third kappa shape index (κ3) is 10.1. The summed E-state index contributed by atoms with van der Waals surface area (Å²) in [6, 6.07) is -4.51. The van der Waals surface area contributed by atoms with Gasteiger partial charge in [0.15, 0.2) is 0 Å². The van der Waals surface area contributed by atoms with Crippen molar-refractivity contribution >= 4 is 29.7 Å². The number of rotatable bonds is 14. The highest BCUT2D eigenvalue weighted by atomic mass is 16.4. The molecule has 11 heteroatoms. The molecule has 0 rings (SSSR count). The van der Waals surface area contributed by atoms with E-state index in [1.54, 1.807) is 20.8 Å². The molecule has 0 aromatic heterocycles. The van der Waals surface area contributed by atoms with E-state index in [-0.39, 0.29) is 24.2 Å². The van der Waals surface area contributed by atoms with Gasteiger partial charge in [0, 0.05) is 0 Å². The van der Waals surface area contributed by atoms with Crippen LogP contribution in [0.1, 0.15) is 60.8 Å². The number of amides is 3. The fourth-order valence-corrected chi connectivity index (χ4v) is 2.98. The third-order valence-corrected chi connectivity index (χ3v) is 5.10. The van der Waals surface area contributed by atoms with E-state index >= 15 is 0 Å². The zero-order chi connectivity index (χ0) is 25.2. The molecule has 7 N–H and O–H groups in total. The summed E-state index contributed by atoms with van der Waals surface area (Å²) < 4.78 is 0. The minimum Gasteiger partial charge on any atom is -0.481 e. The van der Waals surface area contributed by atoms with Crippen LogP contribution in [0.15, 0.2) is 0 Å². The Labute approximate surface area is 188 Å². The Bertz CT molecular complexity index is 681. The molecule has 0 fully saturated rings. The molecule has 0 heterocycles. The fraction of sp³-hybridized carbons (Fsp3) is 0.762. The highest BCUT2D eigenvalue weighted by Crippen LogP contribution is 2.12. The average Bonchev–Trinajstić information content (AvgIpc) is 2.66. The van der Waals surface area contributed by atoms with Crippen molar-refractivity contribution in [2.24, 2.45) is 23.5 Å². The number of hydrogen-bond donors (Lipinski definition) is 6. The quantitative estimate of drug-likeness (QED) is 0.211. The monoisotopic (exact) mass is 458 g/mol. The lowest BCUT2D eigenvalue weighted by Gasteiger charge is -2.28. The van der Waals surface area contributed by atoms with E-state index in [4.69, 9.17) is 10.8 Å². The summed E-state index contributed by atoms with van der Waals surface area (Å²) in [4.78, 5) is 60.3. The molecular formula is C21H38N4O7. The van der Waals surface area contributed by atoms with Crippen molar-refractivity contribution in [2.45, 2.75) is 85.0 Å². The molecule has 0 aliphatic heterocycles. The molecule has 0 bridgehead atoms. The predicted molar refractivity (Wildman–Crippen MR) is 117 cm³/mol. The third-order valence-electron chi connectivity index (χ3n) is 5.10. The fourth-order valence-electron chi connectivity index (χ4n) is 2.98. The molecule has 0 saturated heterocycles. The first-order chi connectivity index (χ1) is 14.7. The zero-order valence-corrected chi connectivity index (χ0v) is 19.7. The van der Waals surface area contributed by atoms with E-state index in [9.17, 15) is 29.1 Å². The first kappa shape index (κ1) is 29.3. The van der Waals surface area contributed by atoms with Gasteiger partial charge in [-0.1, -0.05) is 48.0 Å². The number of carboxylic acid groups (broad SMARTS) is 2.